The first-order valence-corrected chi connectivity index (χ1v) is 7.50. The van der Waals surface area contributed by atoms with E-state index >= 15 is 0 Å². The first kappa shape index (κ1) is 14.4. The van der Waals surface area contributed by atoms with Crippen LogP contribution in [0.15, 0.2) is 11.6 Å². The zero-order chi connectivity index (χ0) is 13.9. The molecule has 0 spiro atoms. The standard InChI is InChI=1S/C13H22N4OS/c1-13(2,3)17-7-5-16(6-8-17)10-11(18)15-12-14-4-9-19-12/h4,9H,5-8,10H2,1-3H3,(H,14,15,18). The van der Waals surface area contributed by atoms with Gasteiger partial charge in [0.25, 0.3) is 0 Å². The summed E-state index contributed by atoms with van der Waals surface area (Å²) >= 11 is 1.45. The minimum absolute atomic E-state index is 0.0270. The number of nitrogens with one attached hydrogen (secondary N) is 1. The van der Waals surface area contributed by atoms with Gasteiger partial charge in [-0.1, -0.05) is 0 Å². The molecule has 0 radical (unpaired) electrons. The molecule has 1 aliphatic heterocycles. The Morgan fingerprint density at radius 3 is 2.58 bits per heavy atom. The summed E-state index contributed by atoms with van der Waals surface area (Å²) in [5.74, 6) is 0.0270. The van der Waals surface area contributed by atoms with E-state index in [0.717, 1.165) is 26.2 Å². The number of aromatic nitrogens is 1. The highest BCUT2D eigenvalue weighted by Gasteiger charge is 2.26. The molecular weight excluding hydrogens is 260 g/mol. The molecule has 0 aromatic carbocycles. The van der Waals surface area contributed by atoms with Crippen molar-refractivity contribution < 1.29 is 4.79 Å². The van der Waals surface area contributed by atoms with Crippen molar-refractivity contribution in [1.82, 2.24) is 14.8 Å². The number of anilines is 1. The predicted molar refractivity (Wildman–Crippen MR) is 78.5 cm³/mol. The van der Waals surface area contributed by atoms with Crippen LogP contribution in [0, 0.1) is 0 Å². The highest BCUT2D eigenvalue weighted by molar-refractivity contribution is 7.13. The van der Waals surface area contributed by atoms with Crippen LogP contribution in [0.2, 0.25) is 0 Å². The lowest BCUT2D eigenvalue weighted by Crippen LogP contribution is -2.54. The Hall–Kier alpha value is -0.980. The number of piperazine rings is 1. The molecule has 0 bridgehead atoms. The summed E-state index contributed by atoms with van der Waals surface area (Å²) in [4.78, 5) is 20.6. The van der Waals surface area contributed by atoms with Gasteiger partial charge in [-0.05, 0) is 20.8 Å². The number of amides is 1. The quantitative estimate of drug-likeness (QED) is 0.913. The van der Waals surface area contributed by atoms with E-state index in [9.17, 15) is 4.79 Å². The first-order valence-electron chi connectivity index (χ1n) is 6.62. The van der Waals surface area contributed by atoms with E-state index in [0.29, 0.717) is 11.7 Å². The van der Waals surface area contributed by atoms with Crippen molar-refractivity contribution in [2.24, 2.45) is 0 Å². The summed E-state index contributed by atoms with van der Waals surface area (Å²) in [5.41, 5.74) is 0.217. The first-order chi connectivity index (χ1) is 8.95. The van der Waals surface area contributed by atoms with Crippen LogP contribution in [-0.2, 0) is 4.79 Å². The monoisotopic (exact) mass is 282 g/mol. The Morgan fingerprint density at radius 1 is 1.37 bits per heavy atom. The molecule has 106 valence electrons. The molecule has 6 heteroatoms. The molecule has 0 unspecified atom stereocenters. The topological polar surface area (TPSA) is 48.5 Å². The predicted octanol–water partition coefficient (Wildman–Crippen LogP) is 1.50. The molecule has 2 rings (SSSR count). The lowest BCUT2D eigenvalue weighted by Gasteiger charge is -2.42. The molecule has 1 fully saturated rings. The summed E-state index contributed by atoms with van der Waals surface area (Å²) in [6.45, 7) is 11.1. The van der Waals surface area contributed by atoms with Gasteiger partial charge in [0.1, 0.15) is 0 Å². The number of hydrogen-bond acceptors (Lipinski definition) is 5. The van der Waals surface area contributed by atoms with E-state index in [4.69, 9.17) is 0 Å². The third kappa shape index (κ3) is 4.26. The molecule has 0 saturated carbocycles. The van der Waals surface area contributed by atoms with Crippen LogP contribution < -0.4 is 5.32 Å². The van der Waals surface area contributed by atoms with Crippen LogP contribution in [-0.4, -0.2) is 59.0 Å². The number of nitrogens with zero attached hydrogens (tertiary/aromatic N) is 3. The number of carbonyl (C=O) groups excluding carboxylic acids is 1. The van der Waals surface area contributed by atoms with Gasteiger partial charge in [0.05, 0.1) is 6.54 Å². The number of carbonyl (C=O) groups is 1. The van der Waals surface area contributed by atoms with Crippen molar-refractivity contribution in [2.75, 3.05) is 38.0 Å². The second kappa shape index (κ2) is 5.98. The smallest absolute Gasteiger partial charge is 0.240 e. The maximum atomic E-state index is 11.9. The van der Waals surface area contributed by atoms with Crippen LogP contribution in [0.1, 0.15) is 20.8 Å². The minimum atomic E-state index is 0.0270. The van der Waals surface area contributed by atoms with Crippen LogP contribution >= 0.6 is 11.3 Å². The summed E-state index contributed by atoms with van der Waals surface area (Å²) in [6, 6.07) is 0. The third-order valence-electron chi connectivity index (χ3n) is 3.37. The van der Waals surface area contributed by atoms with Crippen molar-refractivity contribution in [3.63, 3.8) is 0 Å². The van der Waals surface area contributed by atoms with Gasteiger partial charge >= 0.3 is 0 Å². The van der Waals surface area contributed by atoms with Gasteiger partial charge in [-0.15, -0.1) is 11.3 Å². The number of thiazole rings is 1. The van der Waals surface area contributed by atoms with Gasteiger partial charge in [-0.3, -0.25) is 14.6 Å². The largest absolute Gasteiger partial charge is 0.301 e. The Kier molecular flexibility index (Phi) is 4.54. The molecule has 1 saturated heterocycles. The van der Waals surface area contributed by atoms with Crippen LogP contribution in [0.5, 0.6) is 0 Å². The summed E-state index contributed by atoms with van der Waals surface area (Å²) < 4.78 is 0. The highest BCUT2D eigenvalue weighted by Crippen LogP contribution is 2.16. The Morgan fingerprint density at radius 2 is 2.05 bits per heavy atom. The van der Waals surface area contributed by atoms with E-state index < -0.39 is 0 Å². The van der Waals surface area contributed by atoms with E-state index in [2.05, 4.69) is 40.9 Å². The van der Waals surface area contributed by atoms with E-state index in [1.807, 2.05) is 5.38 Å². The van der Waals surface area contributed by atoms with Gasteiger partial charge in [0.15, 0.2) is 5.13 Å². The second-order valence-electron chi connectivity index (χ2n) is 5.82. The average Bonchev–Trinajstić information content (AvgIpc) is 2.81. The second-order valence-corrected chi connectivity index (χ2v) is 6.71. The number of hydrogen-bond donors (Lipinski definition) is 1. The summed E-state index contributed by atoms with van der Waals surface area (Å²) in [6.07, 6.45) is 1.70. The summed E-state index contributed by atoms with van der Waals surface area (Å²) in [5, 5.41) is 5.36. The molecule has 1 amide bonds. The Labute approximate surface area is 118 Å². The maximum Gasteiger partial charge on any atom is 0.240 e. The van der Waals surface area contributed by atoms with E-state index in [1.54, 1.807) is 6.20 Å². The van der Waals surface area contributed by atoms with Gasteiger partial charge in [0.2, 0.25) is 5.91 Å². The SMILES string of the molecule is CC(C)(C)N1CCN(CC(=O)Nc2nccs2)CC1. The lowest BCUT2D eigenvalue weighted by atomic mass is 10.1. The molecule has 0 aliphatic carbocycles. The lowest BCUT2D eigenvalue weighted by molar-refractivity contribution is -0.117. The van der Waals surface area contributed by atoms with Crippen molar-refractivity contribution in [3.05, 3.63) is 11.6 Å². The van der Waals surface area contributed by atoms with E-state index in [1.165, 1.54) is 11.3 Å². The van der Waals surface area contributed by atoms with Crippen LogP contribution in [0.3, 0.4) is 0 Å². The van der Waals surface area contributed by atoms with Gasteiger partial charge in [-0.25, -0.2) is 4.98 Å². The van der Waals surface area contributed by atoms with Crippen molar-refractivity contribution in [1.29, 1.82) is 0 Å². The van der Waals surface area contributed by atoms with Crippen LogP contribution in [0.4, 0.5) is 5.13 Å². The third-order valence-corrected chi connectivity index (χ3v) is 4.06. The molecule has 1 aromatic rings. The molecule has 2 heterocycles. The molecular formula is C13H22N4OS. The normalized spacial score (nSPS) is 18.5. The average molecular weight is 282 g/mol. The Bertz CT molecular complexity index is 405. The maximum absolute atomic E-state index is 11.9. The number of rotatable bonds is 3. The van der Waals surface area contributed by atoms with Gasteiger partial charge in [0, 0.05) is 43.3 Å². The van der Waals surface area contributed by atoms with Crippen molar-refractivity contribution >= 4 is 22.4 Å². The van der Waals surface area contributed by atoms with Gasteiger partial charge in [-0.2, -0.15) is 0 Å². The fourth-order valence-corrected chi connectivity index (χ4v) is 2.77. The molecule has 19 heavy (non-hydrogen) atoms. The molecule has 1 aliphatic rings. The van der Waals surface area contributed by atoms with E-state index in [-0.39, 0.29) is 11.4 Å². The minimum Gasteiger partial charge on any atom is -0.301 e. The fraction of sp³-hybridized carbons (Fsp3) is 0.692. The Balaban J connectivity index is 1.75. The molecule has 0 atom stereocenters. The molecule has 1 N–H and O–H groups in total. The summed E-state index contributed by atoms with van der Waals surface area (Å²) in [7, 11) is 0. The van der Waals surface area contributed by atoms with Crippen molar-refractivity contribution in [3.8, 4) is 0 Å². The fourth-order valence-electron chi connectivity index (χ4n) is 2.22. The van der Waals surface area contributed by atoms with Crippen LogP contribution in [0.25, 0.3) is 0 Å². The van der Waals surface area contributed by atoms with Crippen molar-refractivity contribution in [2.45, 2.75) is 26.3 Å². The van der Waals surface area contributed by atoms with Gasteiger partial charge < -0.3 is 5.32 Å². The zero-order valence-corrected chi connectivity index (χ0v) is 12.7. The molecule has 5 nitrogen and oxygen atoms in total. The molecule has 1 aromatic heterocycles. The zero-order valence-electron chi connectivity index (χ0n) is 11.8. The highest BCUT2D eigenvalue weighted by atomic mass is 32.1.